The maximum absolute atomic E-state index is 13.4. The number of benzene rings is 2. The van der Waals surface area contributed by atoms with Crippen LogP contribution < -0.4 is 0 Å². The van der Waals surface area contributed by atoms with Gasteiger partial charge in [-0.3, -0.25) is 4.57 Å². The van der Waals surface area contributed by atoms with Gasteiger partial charge in [0.2, 0.25) is 0 Å². The minimum absolute atomic E-state index is 0.0520. The molecular weight excluding hydrogens is 332 g/mol. The Hall–Kier alpha value is -1.87. The van der Waals surface area contributed by atoms with E-state index in [1.54, 1.807) is 28.8 Å². The average Bonchev–Trinajstić information content (AvgIpc) is 2.75. The highest BCUT2D eigenvalue weighted by Crippen LogP contribution is 2.29. The smallest absolute Gasteiger partial charge is 0.182 e. The molecule has 3 aromatic rings. The lowest BCUT2D eigenvalue weighted by atomic mass is 10.2. The maximum atomic E-state index is 13.4. The van der Waals surface area contributed by atoms with Crippen molar-refractivity contribution in [1.29, 1.82) is 5.26 Å². The number of halogens is 3. The fourth-order valence-electron chi connectivity index (χ4n) is 2.10. The summed E-state index contributed by atoms with van der Waals surface area (Å²) < 4.78 is 15.5. The molecule has 2 aromatic carbocycles. The summed E-state index contributed by atoms with van der Waals surface area (Å²) in [4.78, 5) is 3.00. The molecule has 0 fully saturated rings. The third-order valence-electron chi connectivity index (χ3n) is 3.05. The van der Waals surface area contributed by atoms with Crippen molar-refractivity contribution in [3.8, 4) is 11.8 Å². The Morgan fingerprint density at radius 1 is 1.19 bits per heavy atom. The second-order valence-electron chi connectivity index (χ2n) is 4.32. The van der Waals surface area contributed by atoms with Crippen LogP contribution in [0.3, 0.4) is 0 Å². The van der Waals surface area contributed by atoms with Gasteiger partial charge in [0.05, 0.1) is 26.6 Å². The molecule has 1 aromatic heterocycles. The average molecular weight is 338 g/mol. The van der Waals surface area contributed by atoms with Gasteiger partial charge in [-0.2, -0.15) is 5.26 Å². The van der Waals surface area contributed by atoms with E-state index in [1.165, 1.54) is 12.1 Å². The van der Waals surface area contributed by atoms with Crippen molar-refractivity contribution in [3.05, 3.63) is 56.5 Å². The lowest BCUT2D eigenvalue weighted by Crippen LogP contribution is -1.96. The van der Waals surface area contributed by atoms with Gasteiger partial charge >= 0.3 is 0 Å². The molecule has 0 amide bonds. The normalized spacial score (nSPS) is 10.8. The minimum Gasteiger partial charge on any atom is -0.330 e. The third kappa shape index (κ3) is 2.32. The minimum atomic E-state index is -0.575. The SMILES string of the molecule is N#Cc1cc(-n2c(=S)[nH]c3cc(Cl)c(Cl)cc32)ccc1F. The van der Waals surface area contributed by atoms with Crippen LogP contribution in [0, 0.1) is 21.9 Å². The molecule has 0 saturated carbocycles. The lowest BCUT2D eigenvalue weighted by Gasteiger charge is -2.06. The first-order valence-electron chi connectivity index (χ1n) is 5.81. The number of imidazole rings is 1. The number of nitrogens with one attached hydrogen (secondary N) is 1. The number of fused-ring (bicyclic) bond motifs is 1. The van der Waals surface area contributed by atoms with E-state index in [-0.39, 0.29) is 5.56 Å². The Bertz CT molecular complexity index is 969. The predicted molar refractivity (Wildman–Crippen MR) is 83.2 cm³/mol. The molecule has 0 radical (unpaired) electrons. The molecule has 3 nitrogen and oxygen atoms in total. The first-order chi connectivity index (χ1) is 10.0. The van der Waals surface area contributed by atoms with Crippen molar-refractivity contribution in [1.82, 2.24) is 9.55 Å². The van der Waals surface area contributed by atoms with Crippen molar-refractivity contribution in [2.24, 2.45) is 0 Å². The number of H-pyrrole nitrogens is 1. The maximum Gasteiger partial charge on any atom is 0.182 e. The van der Waals surface area contributed by atoms with E-state index in [1.807, 2.05) is 0 Å². The summed E-state index contributed by atoms with van der Waals surface area (Å²) in [6.45, 7) is 0. The van der Waals surface area contributed by atoms with Crippen molar-refractivity contribution >= 4 is 46.5 Å². The standard InChI is InChI=1S/C14H6Cl2FN3S/c15-9-4-12-13(5-10(9)16)20(14(21)19-12)8-1-2-11(17)7(3-8)6-18/h1-5H,(H,19,21). The van der Waals surface area contributed by atoms with Crippen LogP contribution in [0.4, 0.5) is 4.39 Å². The number of nitrogens with zero attached hydrogens (tertiary/aromatic N) is 2. The van der Waals surface area contributed by atoms with Crippen LogP contribution in [-0.2, 0) is 0 Å². The van der Waals surface area contributed by atoms with E-state index < -0.39 is 5.82 Å². The number of rotatable bonds is 1. The van der Waals surface area contributed by atoms with Gasteiger partial charge in [0.25, 0.3) is 0 Å². The zero-order valence-corrected chi connectivity index (χ0v) is 12.7. The fraction of sp³-hybridized carbons (Fsp3) is 0. The molecule has 0 spiro atoms. The molecule has 0 aliphatic carbocycles. The molecule has 1 N–H and O–H groups in total. The second kappa shape index (κ2) is 5.15. The molecule has 0 atom stereocenters. The highest BCUT2D eigenvalue weighted by atomic mass is 35.5. The van der Waals surface area contributed by atoms with Gasteiger partial charge in [-0.25, -0.2) is 4.39 Å². The van der Waals surface area contributed by atoms with Crippen molar-refractivity contribution in [2.75, 3.05) is 0 Å². The third-order valence-corrected chi connectivity index (χ3v) is 4.06. The van der Waals surface area contributed by atoms with Gasteiger partial charge in [0, 0.05) is 5.69 Å². The molecule has 0 aliphatic heterocycles. The molecule has 104 valence electrons. The van der Waals surface area contributed by atoms with Crippen LogP contribution in [0.25, 0.3) is 16.7 Å². The van der Waals surface area contributed by atoms with E-state index in [0.29, 0.717) is 31.5 Å². The summed E-state index contributed by atoms with van der Waals surface area (Å²) in [6.07, 6.45) is 0. The Balaban J connectivity index is 2.35. The van der Waals surface area contributed by atoms with Crippen molar-refractivity contribution in [2.45, 2.75) is 0 Å². The van der Waals surface area contributed by atoms with Gasteiger partial charge in [-0.15, -0.1) is 0 Å². The van der Waals surface area contributed by atoms with Crippen LogP contribution in [0.2, 0.25) is 10.0 Å². The summed E-state index contributed by atoms with van der Waals surface area (Å²) in [6, 6.07) is 9.34. The number of hydrogen-bond acceptors (Lipinski definition) is 2. The number of aromatic nitrogens is 2. The van der Waals surface area contributed by atoms with Crippen LogP contribution in [-0.4, -0.2) is 9.55 Å². The first-order valence-corrected chi connectivity index (χ1v) is 6.97. The Kier molecular flexibility index (Phi) is 3.46. The summed E-state index contributed by atoms with van der Waals surface area (Å²) in [5.41, 5.74) is 1.92. The Morgan fingerprint density at radius 2 is 1.90 bits per heavy atom. The van der Waals surface area contributed by atoms with E-state index in [2.05, 4.69) is 4.98 Å². The molecule has 0 unspecified atom stereocenters. The summed E-state index contributed by atoms with van der Waals surface area (Å²) in [5, 5.41) is 9.72. The zero-order valence-electron chi connectivity index (χ0n) is 10.3. The van der Waals surface area contributed by atoms with Gasteiger partial charge in [-0.1, -0.05) is 23.2 Å². The summed E-state index contributed by atoms with van der Waals surface area (Å²) in [7, 11) is 0. The summed E-state index contributed by atoms with van der Waals surface area (Å²) >= 11 is 17.3. The Morgan fingerprint density at radius 3 is 2.62 bits per heavy atom. The van der Waals surface area contributed by atoms with Crippen LogP contribution in [0.15, 0.2) is 30.3 Å². The van der Waals surface area contributed by atoms with Crippen molar-refractivity contribution in [3.63, 3.8) is 0 Å². The topological polar surface area (TPSA) is 44.5 Å². The number of aromatic amines is 1. The van der Waals surface area contributed by atoms with Gasteiger partial charge in [0.15, 0.2) is 4.77 Å². The highest BCUT2D eigenvalue weighted by molar-refractivity contribution is 7.71. The fourth-order valence-corrected chi connectivity index (χ4v) is 2.73. The van der Waals surface area contributed by atoms with Crippen LogP contribution >= 0.6 is 35.4 Å². The quantitative estimate of drug-likeness (QED) is 0.634. The van der Waals surface area contributed by atoms with E-state index in [9.17, 15) is 4.39 Å². The first kappa shape index (κ1) is 14.1. The molecular formula is C14H6Cl2FN3S. The monoisotopic (exact) mass is 337 g/mol. The zero-order chi connectivity index (χ0) is 15.1. The molecule has 7 heteroatoms. The van der Waals surface area contributed by atoms with Crippen LogP contribution in [0.1, 0.15) is 5.56 Å². The lowest BCUT2D eigenvalue weighted by molar-refractivity contribution is 0.623. The molecule has 1 heterocycles. The van der Waals surface area contributed by atoms with Crippen LogP contribution in [0.5, 0.6) is 0 Å². The summed E-state index contributed by atoms with van der Waals surface area (Å²) in [5.74, 6) is -0.575. The predicted octanol–water partition coefficient (Wildman–Crippen LogP) is 5.01. The largest absolute Gasteiger partial charge is 0.330 e. The van der Waals surface area contributed by atoms with E-state index in [0.717, 1.165) is 0 Å². The molecule has 21 heavy (non-hydrogen) atoms. The molecule has 0 bridgehead atoms. The molecule has 0 saturated heterocycles. The van der Waals surface area contributed by atoms with Gasteiger partial charge < -0.3 is 4.98 Å². The second-order valence-corrected chi connectivity index (χ2v) is 5.53. The van der Waals surface area contributed by atoms with E-state index in [4.69, 9.17) is 40.7 Å². The van der Waals surface area contributed by atoms with Gasteiger partial charge in [0.1, 0.15) is 11.9 Å². The molecule has 0 aliphatic rings. The Labute approximate surface area is 134 Å². The number of hydrogen-bond donors (Lipinski definition) is 1. The van der Waals surface area contributed by atoms with Crippen molar-refractivity contribution < 1.29 is 4.39 Å². The molecule has 3 rings (SSSR count). The highest BCUT2D eigenvalue weighted by Gasteiger charge is 2.11. The van der Waals surface area contributed by atoms with Gasteiger partial charge in [-0.05, 0) is 42.5 Å². The number of nitriles is 1. The van der Waals surface area contributed by atoms with E-state index >= 15 is 0 Å².